The minimum Gasteiger partial charge on any atom is -0.373 e. The lowest BCUT2D eigenvalue weighted by molar-refractivity contribution is -0.138. The van der Waals surface area contributed by atoms with Crippen LogP contribution in [0.5, 0.6) is 0 Å². The van der Waals surface area contributed by atoms with E-state index in [1.54, 1.807) is 12.1 Å². The van der Waals surface area contributed by atoms with Crippen LogP contribution in [0.15, 0.2) is 30.3 Å². The van der Waals surface area contributed by atoms with Crippen LogP contribution in [0.2, 0.25) is 0 Å². The molecule has 0 saturated carbocycles. The minimum atomic E-state index is -4.34. The summed E-state index contributed by atoms with van der Waals surface area (Å²) in [6.45, 7) is 8.37. The quantitative estimate of drug-likeness (QED) is 0.572. The van der Waals surface area contributed by atoms with Crippen LogP contribution < -0.4 is 0 Å². The second-order valence-electron chi connectivity index (χ2n) is 7.56. The largest absolute Gasteiger partial charge is 0.416 e. The predicted octanol–water partition coefficient (Wildman–Crippen LogP) is 6.79. The molecule has 1 heterocycles. The van der Waals surface area contributed by atoms with Gasteiger partial charge in [0.1, 0.15) is 0 Å². The number of hydrogen-bond acceptors (Lipinski definition) is 1. The van der Waals surface area contributed by atoms with Gasteiger partial charge in [-0.3, -0.25) is 0 Å². The van der Waals surface area contributed by atoms with E-state index in [1.807, 2.05) is 13.8 Å². The van der Waals surface area contributed by atoms with Crippen LogP contribution in [0.1, 0.15) is 53.7 Å². The molecule has 0 bridgehead atoms. The fraction of sp³-hybridized carbons (Fsp3) is 0.455. The van der Waals surface area contributed by atoms with Crippen LogP contribution in [0.25, 0.3) is 11.1 Å². The van der Waals surface area contributed by atoms with E-state index in [1.165, 1.54) is 13.0 Å². The third kappa shape index (κ3) is 3.80. The number of rotatable bonds is 2. The molecule has 0 spiro atoms. The Labute approximate surface area is 153 Å². The van der Waals surface area contributed by atoms with Gasteiger partial charge in [-0.15, -0.1) is 0 Å². The number of aryl methyl sites for hydroxylation is 3. The van der Waals surface area contributed by atoms with Gasteiger partial charge in [0.15, 0.2) is 0 Å². The normalized spacial score (nSPS) is 21.0. The standard InChI is InChI=1S/C22H25F3O/c1-13-5-8-20(26-12-13)18-9-15(3)21(16(4)10-18)17-7-6-14(2)19(11-17)22(23,24)25/h6-7,9-11,13,20H,5,8,12H2,1-4H3. The highest BCUT2D eigenvalue weighted by Crippen LogP contribution is 2.38. The molecule has 3 rings (SSSR count). The first-order valence-corrected chi connectivity index (χ1v) is 9.07. The molecule has 0 aromatic heterocycles. The van der Waals surface area contributed by atoms with E-state index in [0.29, 0.717) is 11.5 Å². The van der Waals surface area contributed by atoms with Crippen molar-refractivity contribution in [1.82, 2.24) is 0 Å². The maximum atomic E-state index is 13.3. The summed E-state index contributed by atoms with van der Waals surface area (Å²) in [6.07, 6.45) is -2.13. The van der Waals surface area contributed by atoms with Gasteiger partial charge in [0.2, 0.25) is 0 Å². The zero-order valence-electron chi connectivity index (χ0n) is 15.7. The van der Waals surface area contributed by atoms with Crippen molar-refractivity contribution in [3.63, 3.8) is 0 Å². The van der Waals surface area contributed by atoms with Crippen LogP contribution in [0, 0.1) is 26.7 Å². The summed E-state index contributed by atoms with van der Waals surface area (Å²) in [5.74, 6) is 0.584. The van der Waals surface area contributed by atoms with Crippen LogP contribution in [-0.2, 0) is 10.9 Å². The Morgan fingerprint density at radius 1 is 0.923 bits per heavy atom. The van der Waals surface area contributed by atoms with Crippen LogP contribution in [-0.4, -0.2) is 6.61 Å². The molecule has 0 radical (unpaired) electrons. The van der Waals surface area contributed by atoms with E-state index in [2.05, 4.69) is 19.1 Å². The van der Waals surface area contributed by atoms with E-state index in [0.717, 1.165) is 41.7 Å². The van der Waals surface area contributed by atoms with Crippen LogP contribution in [0.3, 0.4) is 0 Å². The third-order valence-corrected chi connectivity index (χ3v) is 5.26. The van der Waals surface area contributed by atoms with Crippen LogP contribution >= 0.6 is 0 Å². The molecule has 1 aliphatic heterocycles. The molecule has 1 nitrogen and oxygen atoms in total. The summed E-state index contributed by atoms with van der Waals surface area (Å²) in [5, 5.41) is 0. The fourth-order valence-corrected chi connectivity index (χ4v) is 3.87. The molecule has 0 aliphatic carbocycles. The van der Waals surface area contributed by atoms with E-state index in [-0.39, 0.29) is 11.7 Å². The minimum absolute atomic E-state index is 0.0846. The van der Waals surface area contributed by atoms with Crippen LogP contribution in [0.4, 0.5) is 13.2 Å². The number of hydrogen-bond donors (Lipinski definition) is 0. The maximum absolute atomic E-state index is 13.3. The Bertz CT molecular complexity index is 777. The Morgan fingerprint density at radius 3 is 2.12 bits per heavy atom. The van der Waals surface area contributed by atoms with Crippen molar-refractivity contribution >= 4 is 0 Å². The molecule has 0 amide bonds. The molecule has 1 fully saturated rings. The van der Waals surface area contributed by atoms with Crippen molar-refractivity contribution < 1.29 is 17.9 Å². The second kappa shape index (κ2) is 7.07. The molecule has 0 N–H and O–H groups in total. The van der Waals surface area contributed by atoms with Crippen molar-refractivity contribution in [3.05, 3.63) is 58.1 Å². The highest BCUT2D eigenvalue weighted by Gasteiger charge is 2.32. The van der Waals surface area contributed by atoms with Gasteiger partial charge in [-0.1, -0.05) is 31.2 Å². The average Bonchev–Trinajstić information content (AvgIpc) is 2.55. The van der Waals surface area contributed by atoms with E-state index >= 15 is 0 Å². The van der Waals surface area contributed by atoms with Gasteiger partial charge >= 0.3 is 6.18 Å². The molecule has 2 atom stereocenters. The van der Waals surface area contributed by atoms with E-state index in [4.69, 9.17) is 4.74 Å². The first-order valence-electron chi connectivity index (χ1n) is 9.07. The summed E-state index contributed by atoms with van der Waals surface area (Å²) in [5.41, 5.74) is 4.27. The molecule has 2 aromatic carbocycles. The molecule has 4 heteroatoms. The Morgan fingerprint density at radius 2 is 1.58 bits per heavy atom. The molecular formula is C22H25F3O. The topological polar surface area (TPSA) is 9.23 Å². The number of alkyl halides is 3. The second-order valence-corrected chi connectivity index (χ2v) is 7.56. The number of halogens is 3. The van der Waals surface area contributed by atoms with Gasteiger partial charge < -0.3 is 4.74 Å². The summed E-state index contributed by atoms with van der Waals surface area (Å²) >= 11 is 0. The number of benzene rings is 2. The van der Waals surface area contributed by atoms with Gasteiger partial charge in [0.25, 0.3) is 0 Å². The summed E-state index contributed by atoms with van der Waals surface area (Å²) < 4.78 is 45.8. The predicted molar refractivity (Wildman–Crippen MR) is 98.2 cm³/mol. The first-order chi connectivity index (χ1) is 12.2. The van der Waals surface area contributed by atoms with Crippen molar-refractivity contribution in [3.8, 4) is 11.1 Å². The first kappa shape index (κ1) is 19.0. The average molecular weight is 362 g/mol. The maximum Gasteiger partial charge on any atom is 0.416 e. The van der Waals surface area contributed by atoms with Gasteiger partial charge in [-0.05, 0) is 79.0 Å². The highest BCUT2D eigenvalue weighted by molar-refractivity contribution is 5.72. The lowest BCUT2D eigenvalue weighted by Crippen LogP contribution is -2.18. The zero-order chi connectivity index (χ0) is 19.1. The molecule has 1 saturated heterocycles. The van der Waals surface area contributed by atoms with Gasteiger partial charge in [0.05, 0.1) is 11.7 Å². The van der Waals surface area contributed by atoms with Crippen molar-refractivity contribution in [2.24, 2.45) is 5.92 Å². The van der Waals surface area contributed by atoms with E-state index < -0.39 is 11.7 Å². The Kier molecular flexibility index (Phi) is 5.16. The van der Waals surface area contributed by atoms with Crippen molar-refractivity contribution in [1.29, 1.82) is 0 Å². The highest BCUT2D eigenvalue weighted by atomic mass is 19.4. The lowest BCUT2D eigenvalue weighted by atomic mass is 9.88. The molecular weight excluding hydrogens is 337 g/mol. The third-order valence-electron chi connectivity index (χ3n) is 5.26. The van der Waals surface area contributed by atoms with Crippen molar-refractivity contribution in [2.45, 2.75) is 52.8 Å². The number of ether oxygens (including phenoxy) is 1. The summed E-state index contributed by atoms with van der Waals surface area (Å²) in [7, 11) is 0. The monoisotopic (exact) mass is 362 g/mol. The van der Waals surface area contributed by atoms with Gasteiger partial charge in [0, 0.05) is 6.61 Å². The molecule has 1 aliphatic rings. The molecule has 2 aromatic rings. The van der Waals surface area contributed by atoms with E-state index in [9.17, 15) is 13.2 Å². The molecule has 26 heavy (non-hydrogen) atoms. The van der Waals surface area contributed by atoms with Gasteiger partial charge in [-0.2, -0.15) is 13.2 Å². The smallest absolute Gasteiger partial charge is 0.373 e. The Hall–Kier alpha value is -1.81. The SMILES string of the molecule is Cc1ccc(-c2c(C)cc(C3CCC(C)CO3)cc2C)cc1C(F)(F)F. The summed E-state index contributed by atoms with van der Waals surface area (Å²) in [6, 6.07) is 8.73. The lowest BCUT2D eigenvalue weighted by Gasteiger charge is -2.28. The fourth-order valence-electron chi connectivity index (χ4n) is 3.87. The van der Waals surface area contributed by atoms with Gasteiger partial charge in [-0.25, -0.2) is 0 Å². The summed E-state index contributed by atoms with van der Waals surface area (Å²) in [4.78, 5) is 0. The molecule has 2 unspecified atom stereocenters. The van der Waals surface area contributed by atoms with Crippen molar-refractivity contribution in [2.75, 3.05) is 6.61 Å². The molecule has 140 valence electrons. The Balaban J connectivity index is 1.99. The zero-order valence-corrected chi connectivity index (χ0v) is 15.7.